The Bertz CT molecular complexity index is 442. The highest BCUT2D eigenvalue weighted by Gasteiger charge is 2.40. The molecule has 0 saturated heterocycles. The van der Waals surface area contributed by atoms with E-state index in [4.69, 9.17) is 14.1 Å². The van der Waals surface area contributed by atoms with E-state index in [0.29, 0.717) is 6.42 Å². The topological polar surface area (TPSA) is 42.2 Å². The molecule has 0 spiro atoms. The van der Waals surface area contributed by atoms with Crippen molar-refractivity contribution in [3.8, 4) is 6.07 Å². The molecule has 0 radical (unpaired) electrons. The number of nitrogens with zero attached hydrogens (tertiary/aromatic N) is 1. The quantitative estimate of drug-likeness (QED) is 0.406. The summed E-state index contributed by atoms with van der Waals surface area (Å²) in [6, 6.07) is 2.31. The summed E-state index contributed by atoms with van der Waals surface area (Å²) < 4.78 is 12.9. The van der Waals surface area contributed by atoms with E-state index in [0.717, 1.165) is 19.3 Å². The molecule has 0 aliphatic rings. The van der Waals surface area contributed by atoms with Crippen LogP contribution in [0, 0.1) is 11.3 Å². The Kier molecular flexibility index (Phi) is 9.11. The highest BCUT2D eigenvalue weighted by Crippen LogP contribution is 2.39. The monoisotopic (exact) mass is 385 g/mol. The molecule has 2 atom stereocenters. The fourth-order valence-electron chi connectivity index (χ4n) is 2.27. The van der Waals surface area contributed by atoms with Crippen LogP contribution in [0.15, 0.2) is 0 Å². The summed E-state index contributed by atoms with van der Waals surface area (Å²) in [7, 11) is -3.52. The van der Waals surface area contributed by atoms with Gasteiger partial charge >= 0.3 is 0 Å². The van der Waals surface area contributed by atoms with Crippen LogP contribution in [0.3, 0.4) is 0 Å². The number of hydrogen-bond acceptors (Lipinski definition) is 3. The van der Waals surface area contributed by atoms with Crippen LogP contribution in [-0.4, -0.2) is 28.8 Å². The zero-order valence-corrected chi connectivity index (χ0v) is 20.7. The summed E-state index contributed by atoms with van der Waals surface area (Å²) in [6.45, 7) is 24.9. The van der Waals surface area contributed by atoms with Crippen LogP contribution in [-0.2, 0) is 8.85 Å². The highest BCUT2D eigenvalue weighted by molar-refractivity contribution is 6.74. The van der Waals surface area contributed by atoms with E-state index in [1.165, 1.54) is 0 Å². The zero-order chi connectivity index (χ0) is 20.1. The van der Waals surface area contributed by atoms with Crippen molar-refractivity contribution in [1.82, 2.24) is 0 Å². The van der Waals surface area contributed by atoms with Gasteiger partial charge in [0.2, 0.25) is 0 Å². The van der Waals surface area contributed by atoms with Crippen LogP contribution < -0.4 is 0 Å². The van der Waals surface area contributed by atoms with E-state index >= 15 is 0 Å². The van der Waals surface area contributed by atoms with Gasteiger partial charge in [0.25, 0.3) is 0 Å². The van der Waals surface area contributed by atoms with Crippen LogP contribution in [0.1, 0.15) is 74.1 Å². The minimum Gasteiger partial charge on any atom is -0.414 e. The van der Waals surface area contributed by atoms with Crippen molar-refractivity contribution in [2.45, 2.75) is 123 Å². The molecule has 0 aliphatic heterocycles. The molecule has 148 valence electrons. The lowest BCUT2D eigenvalue weighted by molar-refractivity contribution is 0.152. The molecule has 0 aliphatic carbocycles. The molecule has 0 unspecified atom stereocenters. The van der Waals surface area contributed by atoms with Gasteiger partial charge in [-0.1, -0.05) is 41.5 Å². The SMILES string of the molecule is C[C@H](CCC[C@@H](CC#N)O[Si](C)(C)C(C)(C)C)O[Si](C)(C)C(C)(C)C. The molecule has 25 heavy (non-hydrogen) atoms. The minimum absolute atomic E-state index is 0.0611. The van der Waals surface area contributed by atoms with E-state index < -0.39 is 16.6 Å². The van der Waals surface area contributed by atoms with Gasteiger partial charge in [0.05, 0.1) is 18.6 Å². The first-order chi connectivity index (χ1) is 11.0. The fraction of sp³-hybridized carbons (Fsp3) is 0.950. The van der Waals surface area contributed by atoms with Gasteiger partial charge in [-0.25, -0.2) is 0 Å². The largest absolute Gasteiger partial charge is 0.414 e. The zero-order valence-electron chi connectivity index (χ0n) is 18.7. The van der Waals surface area contributed by atoms with Crippen LogP contribution in [0.2, 0.25) is 36.3 Å². The molecular formula is C20H43NO2Si2. The third-order valence-corrected chi connectivity index (χ3v) is 15.2. The average Bonchev–Trinajstić information content (AvgIpc) is 2.34. The van der Waals surface area contributed by atoms with Crippen LogP contribution in [0.5, 0.6) is 0 Å². The van der Waals surface area contributed by atoms with Crippen molar-refractivity contribution in [1.29, 1.82) is 5.26 Å². The van der Waals surface area contributed by atoms with Gasteiger partial charge in [0.1, 0.15) is 0 Å². The summed E-state index contributed by atoms with van der Waals surface area (Å²) in [5, 5.41) is 9.58. The maximum Gasteiger partial charge on any atom is 0.192 e. The Labute approximate surface area is 159 Å². The summed E-state index contributed by atoms with van der Waals surface area (Å²) in [4.78, 5) is 0. The highest BCUT2D eigenvalue weighted by atomic mass is 28.4. The molecule has 0 aromatic heterocycles. The van der Waals surface area contributed by atoms with Gasteiger partial charge in [-0.2, -0.15) is 5.26 Å². The fourth-order valence-corrected chi connectivity index (χ4v) is 5.13. The lowest BCUT2D eigenvalue weighted by Gasteiger charge is -2.39. The predicted molar refractivity (Wildman–Crippen MR) is 114 cm³/mol. The minimum atomic E-state index is -1.82. The standard InChI is InChI=1S/C20H43NO2Si2/c1-17(22-24(8,9)19(2,3)4)13-12-14-18(15-16-21)23-25(10,11)20(5,6)7/h17-18H,12-15H2,1-11H3/t17-,18+/m1/s1. The Hall–Kier alpha value is -0.156. The molecule has 0 heterocycles. The lowest BCUT2D eigenvalue weighted by atomic mass is 10.1. The first kappa shape index (κ1) is 24.8. The smallest absolute Gasteiger partial charge is 0.192 e. The molecule has 0 bridgehead atoms. The number of nitriles is 1. The lowest BCUT2D eigenvalue weighted by Crippen LogP contribution is -2.44. The van der Waals surface area contributed by atoms with Crippen molar-refractivity contribution in [3.63, 3.8) is 0 Å². The first-order valence-corrected chi connectivity index (χ1v) is 15.6. The second-order valence-corrected chi connectivity index (χ2v) is 20.0. The third-order valence-electron chi connectivity index (χ3n) is 6.03. The van der Waals surface area contributed by atoms with Crippen molar-refractivity contribution in [3.05, 3.63) is 0 Å². The van der Waals surface area contributed by atoms with Crippen LogP contribution >= 0.6 is 0 Å². The Morgan fingerprint density at radius 2 is 1.28 bits per heavy atom. The third kappa shape index (κ3) is 8.38. The van der Waals surface area contributed by atoms with E-state index in [2.05, 4.69) is 80.7 Å². The average molecular weight is 386 g/mol. The maximum atomic E-state index is 9.15. The second kappa shape index (κ2) is 9.17. The molecule has 0 rings (SSSR count). The predicted octanol–water partition coefficient (Wildman–Crippen LogP) is 6.87. The van der Waals surface area contributed by atoms with E-state index in [1.807, 2.05) is 0 Å². The molecule has 0 aromatic carbocycles. The van der Waals surface area contributed by atoms with E-state index in [-0.39, 0.29) is 22.3 Å². The van der Waals surface area contributed by atoms with Gasteiger partial charge in [0.15, 0.2) is 16.6 Å². The van der Waals surface area contributed by atoms with Gasteiger partial charge in [-0.05, 0) is 62.5 Å². The molecule has 0 amide bonds. The summed E-state index contributed by atoms with van der Waals surface area (Å²) in [5.74, 6) is 0. The molecule has 0 N–H and O–H groups in total. The van der Waals surface area contributed by atoms with Crippen LogP contribution in [0.25, 0.3) is 0 Å². The molecular weight excluding hydrogens is 342 g/mol. The Balaban J connectivity index is 4.58. The van der Waals surface area contributed by atoms with Crippen molar-refractivity contribution in [2.75, 3.05) is 0 Å². The Morgan fingerprint density at radius 3 is 1.68 bits per heavy atom. The van der Waals surface area contributed by atoms with Crippen molar-refractivity contribution < 1.29 is 8.85 Å². The molecule has 0 aromatic rings. The second-order valence-electron chi connectivity index (χ2n) is 10.5. The van der Waals surface area contributed by atoms with Gasteiger partial charge in [-0.15, -0.1) is 0 Å². The summed E-state index contributed by atoms with van der Waals surface area (Å²) >= 11 is 0. The molecule has 5 heteroatoms. The number of hydrogen-bond donors (Lipinski definition) is 0. The number of rotatable bonds is 9. The molecule has 3 nitrogen and oxygen atoms in total. The molecule has 0 saturated carbocycles. The van der Waals surface area contributed by atoms with E-state index in [9.17, 15) is 0 Å². The van der Waals surface area contributed by atoms with Crippen LogP contribution in [0.4, 0.5) is 0 Å². The van der Waals surface area contributed by atoms with Gasteiger partial charge in [0, 0.05) is 6.10 Å². The van der Waals surface area contributed by atoms with Crippen molar-refractivity contribution in [2.24, 2.45) is 0 Å². The van der Waals surface area contributed by atoms with Gasteiger partial charge < -0.3 is 8.85 Å². The summed E-state index contributed by atoms with van der Waals surface area (Å²) in [5.41, 5.74) is 0. The Morgan fingerprint density at radius 1 is 0.840 bits per heavy atom. The van der Waals surface area contributed by atoms with E-state index in [1.54, 1.807) is 0 Å². The first-order valence-electron chi connectivity index (χ1n) is 9.76. The summed E-state index contributed by atoms with van der Waals surface area (Å²) in [6.07, 6.45) is 3.86. The van der Waals surface area contributed by atoms with Gasteiger partial charge in [-0.3, -0.25) is 0 Å². The molecule has 0 fully saturated rings. The maximum absolute atomic E-state index is 9.15. The van der Waals surface area contributed by atoms with Crippen molar-refractivity contribution >= 4 is 16.6 Å². The normalized spacial score (nSPS) is 16.4.